The molecule has 25 heavy (non-hydrogen) atoms. The van der Waals surface area contributed by atoms with Crippen LogP contribution in [0.4, 0.5) is 11.4 Å². The molecule has 0 spiro atoms. The highest BCUT2D eigenvalue weighted by atomic mass is 32.2. The first-order valence-corrected chi connectivity index (χ1v) is 8.60. The van der Waals surface area contributed by atoms with Gasteiger partial charge in [-0.05, 0) is 60.2 Å². The molecule has 0 radical (unpaired) electrons. The summed E-state index contributed by atoms with van der Waals surface area (Å²) in [6.45, 7) is 1.92. The van der Waals surface area contributed by atoms with Gasteiger partial charge in [0, 0.05) is 19.8 Å². The number of amides is 1. The first-order chi connectivity index (χ1) is 11.9. The average Bonchev–Trinajstić information content (AvgIpc) is 2.91. The van der Waals surface area contributed by atoms with E-state index in [1.807, 2.05) is 62.3 Å². The average molecular weight is 353 g/mol. The van der Waals surface area contributed by atoms with Crippen LogP contribution in [0.3, 0.4) is 0 Å². The molecule has 2 aromatic rings. The van der Waals surface area contributed by atoms with Crippen molar-refractivity contribution < 1.29 is 9.90 Å². The second-order valence-electron chi connectivity index (χ2n) is 5.96. The van der Waals surface area contributed by atoms with E-state index in [0.29, 0.717) is 15.8 Å². The Labute approximate surface area is 151 Å². The highest BCUT2D eigenvalue weighted by Gasteiger charge is 2.24. The summed E-state index contributed by atoms with van der Waals surface area (Å²) in [5, 5.41) is 13.1. The third kappa shape index (κ3) is 4.03. The summed E-state index contributed by atoms with van der Waals surface area (Å²) in [6, 6.07) is 13.1. The van der Waals surface area contributed by atoms with Gasteiger partial charge in [-0.1, -0.05) is 18.2 Å². The number of aliphatic imine (C=N–C) groups is 1. The number of thioether (sulfide) groups is 1. The van der Waals surface area contributed by atoms with Crippen molar-refractivity contribution in [1.29, 1.82) is 0 Å². The maximum Gasteiger partial charge on any atom is 0.264 e. The molecule has 1 fully saturated rings. The highest BCUT2D eigenvalue weighted by Crippen LogP contribution is 2.32. The number of anilines is 1. The number of phenolic OH excluding ortho intramolecular Hbond substituents is 1. The van der Waals surface area contributed by atoms with Gasteiger partial charge in [0.25, 0.3) is 5.91 Å². The van der Waals surface area contributed by atoms with Crippen molar-refractivity contribution in [3.05, 3.63) is 58.5 Å². The van der Waals surface area contributed by atoms with Crippen LogP contribution in [-0.4, -0.2) is 30.3 Å². The standard InChI is InChI=1S/C19H19N3O2S/c1-12-4-9-16(23)15(10-12)20-19-21-18(24)17(25-19)11-13-5-7-14(8-6-13)22(2)3/h4-11,23H,1-3H3,(H,20,21,24)/b17-11-. The first kappa shape index (κ1) is 17.1. The summed E-state index contributed by atoms with van der Waals surface area (Å²) >= 11 is 1.26. The Hall–Kier alpha value is -2.73. The third-order valence-corrected chi connectivity index (χ3v) is 4.62. The number of carbonyl (C=O) groups is 1. The number of nitrogens with zero attached hydrogens (tertiary/aromatic N) is 2. The monoisotopic (exact) mass is 353 g/mol. The zero-order valence-electron chi connectivity index (χ0n) is 14.3. The molecule has 1 aliphatic rings. The molecule has 1 aliphatic heterocycles. The predicted octanol–water partition coefficient (Wildman–Crippen LogP) is 3.66. The summed E-state index contributed by atoms with van der Waals surface area (Å²) in [5.74, 6) is -0.0998. The second-order valence-corrected chi connectivity index (χ2v) is 6.99. The van der Waals surface area contributed by atoms with Crippen LogP contribution in [0.25, 0.3) is 6.08 Å². The van der Waals surface area contributed by atoms with Crippen LogP contribution in [0.2, 0.25) is 0 Å². The van der Waals surface area contributed by atoms with Crippen molar-refractivity contribution in [3.63, 3.8) is 0 Å². The minimum Gasteiger partial charge on any atom is -0.506 e. The molecule has 2 aromatic carbocycles. The van der Waals surface area contributed by atoms with Gasteiger partial charge in [-0.25, -0.2) is 4.99 Å². The Morgan fingerprint density at radius 1 is 1.16 bits per heavy atom. The van der Waals surface area contributed by atoms with E-state index in [4.69, 9.17) is 0 Å². The van der Waals surface area contributed by atoms with E-state index in [0.717, 1.165) is 16.8 Å². The van der Waals surface area contributed by atoms with Gasteiger partial charge in [0.15, 0.2) is 5.17 Å². The topological polar surface area (TPSA) is 64.9 Å². The number of hydrogen-bond donors (Lipinski definition) is 2. The van der Waals surface area contributed by atoms with Gasteiger partial charge in [0.2, 0.25) is 0 Å². The molecule has 3 rings (SSSR count). The molecule has 0 unspecified atom stereocenters. The van der Waals surface area contributed by atoms with Crippen molar-refractivity contribution in [2.75, 3.05) is 19.0 Å². The molecule has 1 saturated heterocycles. The first-order valence-electron chi connectivity index (χ1n) is 7.79. The molecule has 0 bridgehead atoms. The zero-order valence-corrected chi connectivity index (χ0v) is 15.1. The maximum atomic E-state index is 12.2. The lowest BCUT2D eigenvalue weighted by molar-refractivity contribution is -0.115. The van der Waals surface area contributed by atoms with E-state index in [-0.39, 0.29) is 11.7 Å². The number of hydrogen-bond acceptors (Lipinski definition) is 5. The molecule has 0 aliphatic carbocycles. The number of benzene rings is 2. The number of rotatable bonds is 3. The SMILES string of the molecule is Cc1ccc(O)c(N=C2NC(=O)/C(=C/c3ccc(N(C)C)cc3)S2)c1. The van der Waals surface area contributed by atoms with Gasteiger partial charge < -0.3 is 15.3 Å². The lowest BCUT2D eigenvalue weighted by Crippen LogP contribution is -2.19. The van der Waals surface area contributed by atoms with E-state index >= 15 is 0 Å². The number of aryl methyl sites for hydroxylation is 1. The Kier molecular flexibility index (Phi) is 4.81. The molecule has 2 N–H and O–H groups in total. The van der Waals surface area contributed by atoms with E-state index in [1.54, 1.807) is 12.1 Å². The highest BCUT2D eigenvalue weighted by molar-refractivity contribution is 8.18. The number of nitrogens with one attached hydrogen (secondary N) is 1. The summed E-state index contributed by atoms with van der Waals surface area (Å²) in [4.78, 5) is 19.1. The number of amidine groups is 1. The zero-order chi connectivity index (χ0) is 18.0. The largest absolute Gasteiger partial charge is 0.506 e. The summed E-state index contributed by atoms with van der Waals surface area (Å²) in [6.07, 6.45) is 1.83. The van der Waals surface area contributed by atoms with Crippen LogP contribution in [-0.2, 0) is 4.79 Å². The Balaban J connectivity index is 1.82. The lowest BCUT2D eigenvalue weighted by atomic mass is 10.2. The molecule has 0 aromatic heterocycles. The molecular weight excluding hydrogens is 334 g/mol. The van der Waals surface area contributed by atoms with Gasteiger partial charge >= 0.3 is 0 Å². The Morgan fingerprint density at radius 2 is 1.88 bits per heavy atom. The van der Waals surface area contributed by atoms with Gasteiger partial charge in [-0.2, -0.15) is 0 Å². The molecule has 0 saturated carbocycles. The van der Waals surface area contributed by atoms with Crippen LogP contribution in [0, 0.1) is 6.92 Å². The molecule has 1 amide bonds. The third-order valence-electron chi connectivity index (χ3n) is 3.71. The van der Waals surface area contributed by atoms with Gasteiger partial charge in [-0.3, -0.25) is 4.79 Å². The van der Waals surface area contributed by atoms with Crippen molar-refractivity contribution in [2.45, 2.75) is 6.92 Å². The smallest absolute Gasteiger partial charge is 0.264 e. The normalized spacial score (nSPS) is 17.2. The minimum atomic E-state index is -0.187. The van der Waals surface area contributed by atoms with Gasteiger partial charge in [0.1, 0.15) is 11.4 Å². The lowest BCUT2D eigenvalue weighted by Gasteiger charge is -2.11. The minimum absolute atomic E-state index is 0.0876. The van der Waals surface area contributed by atoms with Crippen molar-refractivity contribution in [3.8, 4) is 5.75 Å². The van der Waals surface area contributed by atoms with Crippen molar-refractivity contribution in [2.24, 2.45) is 4.99 Å². The van der Waals surface area contributed by atoms with Crippen molar-refractivity contribution >= 4 is 40.3 Å². The van der Waals surface area contributed by atoms with E-state index in [2.05, 4.69) is 10.3 Å². The maximum absolute atomic E-state index is 12.2. The second kappa shape index (κ2) is 7.03. The van der Waals surface area contributed by atoms with Gasteiger partial charge in [0.05, 0.1) is 4.91 Å². The van der Waals surface area contributed by atoms with Crippen LogP contribution in [0.5, 0.6) is 5.75 Å². The Bertz CT molecular complexity index is 871. The fraction of sp³-hybridized carbons (Fsp3) is 0.158. The molecule has 6 heteroatoms. The number of phenols is 1. The predicted molar refractivity (Wildman–Crippen MR) is 104 cm³/mol. The fourth-order valence-electron chi connectivity index (χ4n) is 2.33. The Morgan fingerprint density at radius 3 is 2.56 bits per heavy atom. The van der Waals surface area contributed by atoms with E-state index < -0.39 is 0 Å². The summed E-state index contributed by atoms with van der Waals surface area (Å²) < 4.78 is 0. The van der Waals surface area contributed by atoms with Crippen LogP contribution < -0.4 is 10.2 Å². The summed E-state index contributed by atoms with van der Waals surface area (Å²) in [7, 11) is 3.97. The van der Waals surface area contributed by atoms with Crippen LogP contribution in [0.15, 0.2) is 52.4 Å². The fourth-order valence-corrected chi connectivity index (χ4v) is 3.17. The molecule has 128 valence electrons. The van der Waals surface area contributed by atoms with Crippen molar-refractivity contribution in [1.82, 2.24) is 5.32 Å². The summed E-state index contributed by atoms with van der Waals surface area (Å²) in [5.41, 5.74) is 3.48. The molecule has 5 nitrogen and oxygen atoms in total. The van der Waals surface area contributed by atoms with Gasteiger partial charge in [-0.15, -0.1) is 0 Å². The molecule has 0 atom stereocenters. The van der Waals surface area contributed by atoms with Crippen LogP contribution in [0.1, 0.15) is 11.1 Å². The van der Waals surface area contributed by atoms with E-state index in [1.165, 1.54) is 11.8 Å². The molecule has 1 heterocycles. The van der Waals surface area contributed by atoms with E-state index in [9.17, 15) is 9.90 Å². The number of carbonyl (C=O) groups excluding carboxylic acids is 1. The molecular formula is C19H19N3O2S. The number of aromatic hydroxyl groups is 1. The van der Waals surface area contributed by atoms with Crippen LogP contribution >= 0.6 is 11.8 Å². The quantitative estimate of drug-likeness (QED) is 0.827.